The molecule has 1 heterocycles. The van der Waals surface area contributed by atoms with Gasteiger partial charge >= 0.3 is 6.61 Å². The number of rotatable bonds is 2. The third-order valence-corrected chi connectivity index (χ3v) is 2.07. The van der Waals surface area contributed by atoms with E-state index in [4.69, 9.17) is 4.74 Å². The van der Waals surface area contributed by atoms with Crippen molar-refractivity contribution in [3.05, 3.63) is 23.8 Å². The fourth-order valence-corrected chi connectivity index (χ4v) is 1.48. The molecule has 0 radical (unpaired) electrons. The predicted molar refractivity (Wildman–Crippen MR) is 47.5 cm³/mol. The van der Waals surface area contributed by atoms with Crippen molar-refractivity contribution in [3.8, 4) is 11.5 Å². The van der Waals surface area contributed by atoms with Gasteiger partial charge in [0.2, 0.25) is 0 Å². The van der Waals surface area contributed by atoms with Crippen LogP contribution in [0.5, 0.6) is 11.5 Å². The van der Waals surface area contributed by atoms with Crippen LogP contribution in [0.3, 0.4) is 0 Å². The van der Waals surface area contributed by atoms with Gasteiger partial charge in [0.15, 0.2) is 5.78 Å². The van der Waals surface area contributed by atoms with Crippen LogP contribution >= 0.6 is 0 Å². The van der Waals surface area contributed by atoms with Crippen LogP contribution in [0.25, 0.3) is 0 Å². The van der Waals surface area contributed by atoms with Crippen LogP contribution < -0.4 is 9.47 Å². The molecule has 0 saturated carbocycles. The number of ketones is 1. The van der Waals surface area contributed by atoms with Gasteiger partial charge in [0.1, 0.15) is 17.1 Å². The van der Waals surface area contributed by atoms with E-state index in [-0.39, 0.29) is 30.1 Å². The molecule has 0 aromatic heterocycles. The zero-order valence-electron chi connectivity index (χ0n) is 7.70. The fraction of sp³-hybridized carbons (Fsp3) is 0.300. The highest BCUT2D eigenvalue weighted by atomic mass is 19.3. The fourth-order valence-electron chi connectivity index (χ4n) is 1.48. The average Bonchev–Trinajstić information content (AvgIpc) is 2.17. The largest absolute Gasteiger partial charge is 0.492 e. The lowest BCUT2D eigenvalue weighted by Gasteiger charge is -2.18. The highest BCUT2D eigenvalue weighted by molar-refractivity contribution is 6.02. The number of Topliss-reactive ketones (excluding diaryl/α,β-unsaturated/α-hetero) is 1. The molecule has 15 heavy (non-hydrogen) atoms. The summed E-state index contributed by atoms with van der Waals surface area (Å²) in [5, 5.41) is 0. The van der Waals surface area contributed by atoms with Crippen molar-refractivity contribution in [2.45, 2.75) is 13.0 Å². The molecule has 0 N–H and O–H groups in total. The Hall–Kier alpha value is -1.65. The Bertz CT molecular complexity index is 390. The number of carbonyl (C=O) groups is 1. The first-order chi connectivity index (χ1) is 7.18. The van der Waals surface area contributed by atoms with Crippen LogP contribution in [0.2, 0.25) is 0 Å². The van der Waals surface area contributed by atoms with Gasteiger partial charge in [-0.3, -0.25) is 4.79 Å². The Morgan fingerprint density at radius 3 is 2.93 bits per heavy atom. The van der Waals surface area contributed by atoms with Gasteiger partial charge in [-0.15, -0.1) is 0 Å². The number of ether oxygens (including phenoxy) is 2. The summed E-state index contributed by atoms with van der Waals surface area (Å²) in [6.45, 7) is -2.66. The lowest BCUT2D eigenvalue weighted by Crippen LogP contribution is -2.17. The van der Waals surface area contributed by atoms with Crippen molar-refractivity contribution < 1.29 is 23.0 Å². The third kappa shape index (κ3) is 1.91. The monoisotopic (exact) mass is 214 g/mol. The van der Waals surface area contributed by atoms with Crippen molar-refractivity contribution in [3.63, 3.8) is 0 Å². The molecule has 0 bridgehead atoms. The van der Waals surface area contributed by atoms with Gasteiger partial charge in [-0.2, -0.15) is 8.78 Å². The summed E-state index contributed by atoms with van der Waals surface area (Å²) >= 11 is 0. The van der Waals surface area contributed by atoms with E-state index < -0.39 is 6.61 Å². The molecule has 0 saturated heterocycles. The van der Waals surface area contributed by atoms with Crippen LogP contribution in [-0.2, 0) is 0 Å². The summed E-state index contributed by atoms with van der Waals surface area (Å²) in [6, 6.07) is 4.40. The van der Waals surface area contributed by atoms with E-state index in [1.807, 2.05) is 0 Å². The summed E-state index contributed by atoms with van der Waals surface area (Å²) in [4.78, 5) is 11.5. The molecule has 0 spiro atoms. The predicted octanol–water partition coefficient (Wildman–Crippen LogP) is 2.25. The molecular formula is C10H8F2O3. The summed E-state index contributed by atoms with van der Waals surface area (Å²) in [7, 11) is 0. The summed E-state index contributed by atoms with van der Waals surface area (Å²) in [5.41, 5.74) is 0.115. The normalized spacial score (nSPS) is 14.7. The number of hydrogen-bond acceptors (Lipinski definition) is 3. The standard InChI is InChI=1S/C10H8F2O3/c11-10(12)15-8-3-1-2-7-9(8)6(13)4-5-14-7/h1-3,10H,4-5H2. The van der Waals surface area contributed by atoms with E-state index in [1.165, 1.54) is 12.1 Å². The molecule has 0 unspecified atom stereocenters. The first-order valence-corrected chi connectivity index (χ1v) is 4.42. The highest BCUT2D eigenvalue weighted by Crippen LogP contribution is 2.33. The Morgan fingerprint density at radius 1 is 1.40 bits per heavy atom. The zero-order chi connectivity index (χ0) is 10.8. The van der Waals surface area contributed by atoms with Crippen LogP contribution in [0, 0.1) is 0 Å². The van der Waals surface area contributed by atoms with Crippen LogP contribution in [0.1, 0.15) is 16.8 Å². The van der Waals surface area contributed by atoms with Crippen LogP contribution in [0.15, 0.2) is 18.2 Å². The van der Waals surface area contributed by atoms with Gasteiger partial charge in [0.25, 0.3) is 0 Å². The molecule has 1 aromatic rings. The van der Waals surface area contributed by atoms with Crippen molar-refractivity contribution in [1.29, 1.82) is 0 Å². The van der Waals surface area contributed by atoms with Gasteiger partial charge < -0.3 is 9.47 Å². The minimum atomic E-state index is -2.94. The molecule has 5 heteroatoms. The van der Waals surface area contributed by atoms with E-state index >= 15 is 0 Å². The molecule has 3 nitrogen and oxygen atoms in total. The van der Waals surface area contributed by atoms with Gasteiger partial charge in [-0.25, -0.2) is 0 Å². The minimum Gasteiger partial charge on any atom is -0.492 e. The van der Waals surface area contributed by atoms with E-state index in [2.05, 4.69) is 4.74 Å². The second kappa shape index (κ2) is 3.84. The first kappa shape index (κ1) is 9.89. The highest BCUT2D eigenvalue weighted by Gasteiger charge is 2.24. The smallest absolute Gasteiger partial charge is 0.387 e. The van der Waals surface area contributed by atoms with E-state index in [1.54, 1.807) is 6.07 Å². The Morgan fingerprint density at radius 2 is 2.20 bits per heavy atom. The molecule has 0 atom stereocenters. The molecule has 0 aliphatic carbocycles. The zero-order valence-corrected chi connectivity index (χ0v) is 7.70. The van der Waals surface area contributed by atoms with Crippen LogP contribution in [0.4, 0.5) is 8.78 Å². The van der Waals surface area contributed by atoms with Crippen molar-refractivity contribution >= 4 is 5.78 Å². The topological polar surface area (TPSA) is 35.5 Å². The quantitative estimate of drug-likeness (QED) is 0.757. The maximum Gasteiger partial charge on any atom is 0.387 e. The average molecular weight is 214 g/mol. The lowest BCUT2D eigenvalue weighted by atomic mass is 10.0. The van der Waals surface area contributed by atoms with Gasteiger partial charge in [0, 0.05) is 6.42 Å². The summed E-state index contributed by atoms with van der Waals surface area (Å²) in [5.74, 6) is -0.0379. The SMILES string of the molecule is O=C1CCOc2cccc(OC(F)F)c21. The van der Waals surface area contributed by atoms with Crippen molar-refractivity contribution in [2.24, 2.45) is 0 Å². The molecular weight excluding hydrogens is 206 g/mol. The number of benzene rings is 1. The van der Waals surface area contributed by atoms with E-state index in [9.17, 15) is 13.6 Å². The Kier molecular flexibility index (Phi) is 2.53. The lowest BCUT2D eigenvalue weighted by molar-refractivity contribution is -0.0503. The van der Waals surface area contributed by atoms with E-state index in [0.29, 0.717) is 5.75 Å². The van der Waals surface area contributed by atoms with Gasteiger partial charge in [-0.1, -0.05) is 6.07 Å². The second-order valence-electron chi connectivity index (χ2n) is 3.03. The minimum absolute atomic E-state index is 0.115. The Labute approximate surface area is 84.6 Å². The number of halogens is 2. The van der Waals surface area contributed by atoms with Gasteiger partial charge in [0.05, 0.1) is 6.61 Å². The Balaban J connectivity index is 2.42. The maximum absolute atomic E-state index is 12.0. The number of carbonyl (C=O) groups excluding carboxylic acids is 1. The molecule has 2 rings (SSSR count). The summed E-state index contributed by atoms with van der Waals surface area (Å²) < 4.78 is 33.5. The molecule has 0 amide bonds. The third-order valence-electron chi connectivity index (χ3n) is 2.07. The number of alkyl halides is 2. The molecule has 0 fully saturated rings. The molecule has 1 aliphatic heterocycles. The van der Waals surface area contributed by atoms with Crippen LogP contribution in [-0.4, -0.2) is 19.0 Å². The molecule has 1 aromatic carbocycles. The molecule has 80 valence electrons. The number of fused-ring (bicyclic) bond motifs is 1. The van der Waals surface area contributed by atoms with Crippen molar-refractivity contribution in [2.75, 3.05) is 6.61 Å². The van der Waals surface area contributed by atoms with E-state index in [0.717, 1.165) is 0 Å². The van der Waals surface area contributed by atoms with Crippen molar-refractivity contribution in [1.82, 2.24) is 0 Å². The first-order valence-electron chi connectivity index (χ1n) is 4.42. The summed E-state index contributed by atoms with van der Waals surface area (Å²) in [6.07, 6.45) is 0.191. The number of hydrogen-bond donors (Lipinski definition) is 0. The second-order valence-corrected chi connectivity index (χ2v) is 3.03. The van der Waals surface area contributed by atoms with Gasteiger partial charge in [-0.05, 0) is 12.1 Å². The maximum atomic E-state index is 12.0. The molecule has 1 aliphatic rings.